The fourth-order valence-corrected chi connectivity index (χ4v) is 4.44. The van der Waals surface area contributed by atoms with Gasteiger partial charge in [-0.05, 0) is 77.5 Å². The van der Waals surface area contributed by atoms with Gasteiger partial charge in [-0.2, -0.15) is 0 Å². The third-order valence-electron chi connectivity index (χ3n) is 5.74. The van der Waals surface area contributed by atoms with Gasteiger partial charge in [0, 0.05) is 18.3 Å². The molecule has 0 aromatic heterocycles. The SMILES string of the molecule is CN(C)C1CCN(CC2(Nc3ccc(F)c(Cl)c3)C[CH]CCC2)CC1. The summed E-state index contributed by atoms with van der Waals surface area (Å²) < 4.78 is 13.5. The molecule has 1 radical (unpaired) electrons. The van der Waals surface area contributed by atoms with Crippen molar-refractivity contribution in [2.24, 2.45) is 0 Å². The Bertz CT molecular complexity index is 564. The lowest BCUT2D eigenvalue weighted by molar-refractivity contribution is 0.120. The van der Waals surface area contributed by atoms with E-state index in [4.69, 9.17) is 11.6 Å². The van der Waals surface area contributed by atoms with Crippen molar-refractivity contribution in [1.29, 1.82) is 0 Å². The Kier molecular flexibility index (Phi) is 6.24. The van der Waals surface area contributed by atoms with E-state index in [0.717, 1.165) is 38.2 Å². The lowest BCUT2D eigenvalue weighted by atomic mass is 9.80. The molecule has 1 saturated heterocycles. The van der Waals surface area contributed by atoms with Crippen molar-refractivity contribution in [3.8, 4) is 0 Å². The molecule has 1 heterocycles. The van der Waals surface area contributed by atoms with Gasteiger partial charge < -0.3 is 15.1 Å². The first kappa shape index (κ1) is 18.9. The smallest absolute Gasteiger partial charge is 0.141 e. The highest BCUT2D eigenvalue weighted by atomic mass is 35.5. The zero-order chi connectivity index (χ0) is 17.9. The first-order valence-corrected chi connectivity index (χ1v) is 9.79. The van der Waals surface area contributed by atoms with E-state index in [9.17, 15) is 4.39 Å². The Balaban J connectivity index is 1.67. The van der Waals surface area contributed by atoms with Gasteiger partial charge in [-0.15, -0.1) is 0 Å². The van der Waals surface area contributed by atoms with Crippen molar-refractivity contribution in [1.82, 2.24) is 9.80 Å². The number of piperidine rings is 1. The van der Waals surface area contributed by atoms with E-state index < -0.39 is 0 Å². The van der Waals surface area contributed by atoms with Crippen LogP contribution in [-0.2, 0) is 0 Å². The van der Waals surface area contributed by atoms with Crippen LogP contribution in [-0.4, -0.2) is 55.1 Å². The molecule has 3 nitrogen and oxygen atoms in total. The molecule has 2 fully saturated rings. The van der Waals surface area contributed by atoms with Crippen LogP contribution in [0.5, 0.6) is 0 Å². The van der Waals surface area contributed by atoms with Gasteiger partial charge in [0.2, 0.25) is 0 Å². The molecule has 1 saturated carbocycles. The van der Waals surface area contributed by atoms with Crippen LogP contribution < -0.4 is 5.32 Å². The molecule has 0 spiro atoms. The number of nitrogens with one attached hydrogen (secondary N) is 1. The molecule has 139 valence electrons. The number of nitrogens with zero attached hydrogens (tertiary/aromatic N) is 2. The summed E-state index contributed by atoms with van der Waals surface area (Å²) in [6.45, 7) is 3.34. The zero-order valence-corrected chi connectivity index (χ0v) is 16.2. The number of hydrogen-bond acceptors (Lipinski definition) is 3. The molecule has 1 aromatic rings. The third-order valence-corrected chi connectivity index (χ3v) is 6.03. The Hall–Kier alpha value is -0.840. The van der Waals surface area contributed by atoms with Gasteiger partial charge in [0.1, 0.15) is 5.82 Å². The van der Waals surface area contributed by atoms with Gasteiger partial charge >= 0.3 is 0 Å². The summed E-state index contributed by atoms with van der Waals surface area (Å²) in [4.78, 5) is 4.94. The second kappa shape index (κ2) is 8.24. The van der Waals surface area contributed by atoms with E-state index in [1.165, 1.54) is 31.7 Å². The maximum atomic E-state index is 13.5. The van der Waals surface area contributed by atoms with Crippen molar-refractivity contribution >= 4 is 17.3 Å². The highest BCUT2D eigenvalue weighted by Gasteiger charge is 2.35. The van der Waals surface area contributed by atoms with Crippen LogP contribution in [0.15, 0.2) is 18.2 Å². The minimum absolute atomic E-state index is 0.0321. The first-order chi connectivity index (χ1) is 12.0. The molecule has 0 bridgehead atoms. The fraction of sp³-hybridized carbons (Fsp3) is 0.650. The summed E-state index contributed by atoms with van der Waals surface area (Å²) in [5.74, 6) is -0.359. The molecule has 1 atom stereocenters. The predicted molar refractivity (Wildman–Crippen MR) is 104 cm³/mol. The van der Waals surface area contributed by atoms with Gasteiger partial charge in [0.25, 0.3) is 0 Å². The summed E-state index contributed by atoms with van der Waals surface area (Å²) in [7, 11) is 4.36. The van der Waals surface area contributed by atoms with E-state index >= 15 is 0 Å². The van der Waals surface area contributed by atoms with Gasteiger partial charge in [-0.3, -0.25) is 0 Å². The van der Waals surface area contributed by atoms with Gasteiger partial charge in [0.05, 0.1) is 10.6 Å². The molecule has 5 heteroatoms. The van der Waals surface area contributed by atoms with Crippen LogP contribution in [0.3, 0.4) is 0 Å². The number of benzene rings is 1. The molecule has 25 heavy (non-hydrogen) atoms. The van der Waals surface area contributed by atoms with E-state index in [1.54, 1.807) is 12.1 Å². The highest BCUT2D eigenvalue weighted by molar-refractivity contribution is 6.31. The Labute approximate surface area is 156 Å². The Morgan fingerprint density at radius 3 is 2.68 bits per heavy atom. The molecule has 1 N–H and O–H groups in total. The topological polar surface area (TPSA) is 18.5 Å². The van der Waals surface area contributed by atoms with E-state index in [-0.39, 0.29) is 16.4 Å². The van der Waals surface area contributed by atoms with Crippen LogP contribution in [0, 0.1) is 12.2 Å². The minimum Gasteiger partial charge on any atom is -0.378 e. The van der Waals surface area contributed by atoms with Crippen LogP contribution >= 0.6 is 11.6 Å². The number of rotatable bonds is 5. The molecule has 1 aromatic carbocycles. The number of halogens is 2. The number of hydrogen-bond donors (Lipinski definition) is 1. The zero-order valence-electron chi connectivity index (χ0n) is 15.4. The third kappa shape index (κ3) is 4.87. The molecular formula is C20H30ClFN3. The molecule has 2 aliphatic rings. The second-order valence-corrected chi connectivity index (χ2v) is 8.30. The maximum absolute atomic E-state index is 13.5. The van der Waals surface area contributed by atoms with Crippen molar-refractivity contribution in [2.45, 2.75) is 50.1 Å². The van der Waals surface area contributed by atoms with Crippen molar-refractivity contribution in [2.75, 3.05) is 39.0 Å². The van der Waals surface area contributed by atoms with Crippen LogP contribution in [0.1, 0.15) is 38.5 Å². The second-order valence-electron chi connectivity index (χ2n) is 7.89. The molecule has 3 rings (SSSR count). The monoisotopic (exact) mass is 366 g/mol. The summed E-state index contributed by atoms with van der Waals surface area (Å²) in [6.07, 6.45) is 9.45. The lowest BCUT2D eigenvalue weighted by Gasteiger charge is -2.45. The van der Waals surface area contributed by atoms with Gasteiger partial charge in [0.15, 0.2) is 0 Å². The summed E-state index contributed by atoms with van der Waals surface area (Å²) in [5, 5.41) is 3.90. The maximum Gasteiger partial charge on any atom is 0.141 e. The Morgan fingerprint density at radius 2 is 2.08 bits per heavy atom. The van der Waals surface area contributed by atoms with Crippen molar-refractivity contribution < 1.29 is 4.39 Å². The van der Waals surface area contributed by atoms with E-state index in [1.807, 2.05) is 0 Å². The molecule has 1 aliphatic carbocycles. The van der Waals surface area contributed by atoms with E-state index in [0.29, 0.717) is 6.04 Å². The molecule has 1 aliphatic heterocycles. The first-order valence-electron chi connectivity index (χ1n) is 9.41. The fourth-order valence-electron chi connectivity index (χ4n) is 4.26. The van der Waals surface area contributed by atoms with Crippen LogP contribution in [0.4, 0.5) is 10.1 Å². The van der Waals surface area contributed by atoms with Crippen LogP contribution in [0.2, 0.25) is 5.02 Å². The quantitative estimate of drug-likeness (QED) is 0.831. The molecule has 1 unspecified atom stereocenters. The highest BCUT2D eigenvalue weighted by Crippen LogP contribution is 2.34. The average molecular weight is 367 g/mol. The molecular weight excluding hydrogens is 337 g/mol. The largest absolute Gasteiger partial charge is 0.378 e. The summed E-state index contributed by atoms with van der Waals surface area (Å²) >= 11 is 5.98. The van der Waals surface area contributed by atoms with Gasteiger partial charge in [-0.25, -0.2) is 4.39 Å². The number of likely N-dealkylation sites (tertiary alicyclic amines) is 1. The van der Waals surface area contributed by atoms with E-state index in [2.05, 4.69) is 35.6 Å². The standard InChI is InChI=1S/C20H30ClFN3/c1-24(2)17-8-12-25(13-9-17)15-20(10-4-3-5-11-20)23-16-6-7-19(22)18(21)14-16/h4,6-7,14,17,23H,3,5,8-13,15H2,1-2H3. The number of anilines is 1. The summed E-state index contributed by atoms with van der Waals surface area (Å²) in [5.41, 5.74) is 0.953. The Morgan fingerprint density at radius 1 is 1.32 bits per heavy atom. The van der Waals surface area contributed by atoms with Crippen molar-refractivity contribution in [3.63, 3.8) is 0 Å². The average Bonchev–Trinajstić information content (AvgIpc) is 2.59. The van der Waals surface area contributed by atoms with Crippen LogP contribution in [0.25, 0.3) is 0 Å². The van der Waals surface area contributed by atoms with Gasteiger partial charge in [-0.1, -0.05) is 24.4 Å². The normalized spacial score (nSPS) is 22.3. The predicted octanol–water partition coefficient (Wildman–Crippen LogP) is 4.43. The minimum atomic E-state index is -0.359. The summed E-state index contributed by atoms with van der Waals surface area (Å²) in [6, 6.07) is 5.67. The lowest BCUT2D eigenvalue weighted by Crippen LogP contribution is -2.53. The van der Waals surface area contributed by atoms with Crippen molar-refractivity contribution in [3.05, 3.63) is 35.5 Å². The molecule has 0 amide bonds.